The molecule has 0 aromatic heterocycles. The molecule has 0 saturated heterocycles. The van der Waals surface area contributed by atoms with Gasteiger partial charge in [-0.3, -0.25) is 4.79 Å². The number of ketones is 1. The molecule has 0 aliphatic carbocycles. The minimum absolute atomic E-state index is 0.0801. The summed E-state index contributed by atoms with van der Waals surface area (Å²) in [6.07, 6.45) is 1.40. The highest BCUT2D eigenvalue weighted by Crippen LogP contribution is 2.42. The van der Waals surface area contributed by atoms with Crippen LogP contribution < -0.4 is 0 Å². The number of carbonyl (C=O) groups excluding carboxylic acids is 2. The number of sulfonamides is 1. The number of carbonyl (C=O) groups is 2. The van der Waals surface area contributed by atoms with Gasteiger partial charge in [0.25, 0.3) is 0 Å². The highest BCUT2D eigenvalue weighted by atomic mass is 35.5. The van der Waals surface area contributed by atoms with Gasteiger partial charge in [-0.2, -0.15) is 4.31 Å². The van der Waals surface area contributed by atoms with E-state index < -0.39 is 28.1 Å². The van der Waals surface area contributed by atoms with E-state index in [0.717, 1.165) is 5.56 Å². The van der Waals surface area contributed by atoms with Crippen molar-refractivity contribution in [2.24, 2.45) is 0 Å². The average molecular weight is 524 g/mol. The van der Waals surface area contributed by atoms with E-state index in [4.69, 9.17) is 16.3 Å². The van der Waals surface area contributed by atoms with Crippen molar-refractivity contribution >= 4 is 33.4 Å². The van der Waals surface area contributed by atoms with Crippen LogP contribution in [0.3, 0.4) is 0 Å². The standard InChI is InChI=1S/C28H26ClNO5S/c1-3-35-28(32)25-17-23(18-26(31)20-11-13-22(29)14-12-20)30(27(25)21-7-5-4-6-8-21)36(33,34)24-15-9-19(2)10-16-24/h4-17,23,27H,3,18H2,1-2H3/t23-,27-/m0/s1. The lowest BCUT2D eigenvalue weighted by Crippen LogP contribution is -2.40. The Labute approximate surface area is 216 Å². The molecule has 6 nitrogen and oxygen atoms in total. The molecule has 1 heterocycles. The molecule has 0 spiro atoms. The number of ether oxygens (including phenoxy) is 1. The summed E-state index contributed by atoms with van der Waals surface area (Å²) in [5.74, 6) is -0.883. The fourth-order valence-corrected chi connectivity index (χ4v) is 6.15. The Hall–Kier alpha value is -3.26. The van der Waals surface area contributed by atoms with Crippen LogP contribution in [0.2, 0.25) is 5.02 Å². The number of esters is 1. The lowest BCUT2D eigenvalue weighted by molar-refractivity contribution is -0.138. The fraction of sp³-hybridized carbons (Fsp3) is 0.214. The number of rotatable bonds is 8. The van der Waals surface area contributed by atoms with Crippen molar-refractivity contribution in [3.05, 3.63) is 112 Å². The summed E-state index contributed by atoms with van der Waals surface area (Å²) in [5.41, 5.74) is 2.11. The van der Waals surface area contributed by atoms with Gasteiger partial charge in [0.1, 0.15) is 0 Å². The van der Waals surface area contributed by atoms with Crippen LogP contribution in [-0.2, 0) is 19.6 Å². The summed E-state index contributed by atoms with van der Waals surface area (Å²) in [6.45, 7) is 3.69. The van der Waals surface area contributed by atoms with Crippen LogP contribution in [0.25, 0.3) is 0 Å². The van der Waals surface area contributed by atoms with Crippen molar-refractivity contribution in [2.75, 3.05) is 6.61 Å². The summed E-state index contributed by atoms with van der Waals surface area (Å²) in [4.78, 5) is 26.3. The average Bonchev–Trinajstić information content (AvgIpc) is 3.25. The maximum atomic E-state index is 14.0. The first-order valence-electron chi connectivity index (χ1n) is 11.5. The summed E-state index contributed by atoms with van der Waals surface area (Å²) >= 11 is 5.96. The van der Waals surface area contributed by atoms with E-state index in [1.54, 1.807) is 73.7 Å². The lowest BCUT2D eigenvalue weighted by atomic mass is 10.0. The number of halogens is 1. The summed E-state index contributed by atoms with van der Waals surface area (Å²) in [5, 5.41) is 0.490. The molecule has 0 amide bonds. The Morgan fingerprint density at radius 3 is 2.19 bits per heavy atom. The fourth-order valence-electron chi connectivity index (χ4n) is 4.30. The molecule has 1 aliphatic rings. The van der Waals surface area contributed by atoms with E-state index >= 15 is 0 Å². The highest BCUT2D eigenvalue weighted by molar-refractivity contribution is 7.89. The number of Topliss-reactive ketones (excluding diaryl/α,β-unsaturated/α-hetero) is 1. The normalized spacial score (nSPS) is 18.0. The molecule has 0 radical (unpaired) electrons. The van der Waals surface area contributed by atoms with Crippen LogP contribution in [0, 0.1) is 6.92 Å². The quantitative estimate of drug-likeness (QED) is 0.286. The maximum Gasteiger partial charge on any atom is 0.335 e. The first-order chi connectivity index (χ1) is 17.2. The second-order valence-electron chi connectivity index (χ2n) is 8.51. The summed E-state index contributed by atoms with van der Waals surface area (Å²) in [6, 6.07) is 20.0. The number of benzene rings is 3. The highest BCUT2D eigenvalue weighted by Gasteiger charge is 2.46. The molecule has 36 heavy (non-hydrogen) atoms. The third kappa shape index (κ3) is 5.28. The van der Waals surface area contributed by atoms with Crippen molar-refractivity contribution in [3.8, 4) is 0 Å². The summed E-state index contributed by atoms with van der Waals surface area (Å²) in [7, 11) is -4.12. The Morgan fingerprint density at radius 1 is 0.944 bits per heavy atom. The van der Waals surface area contributed by atoms with Gasteiger partial charge in [0, 0.05) is 17.0 Å². The van der Waals surface area contributed by atoms with Crippen LogP contribution in [0.5, 0.6) is 0 Å². The zero-order chi connectivity index (χ0) is 25.9. The SMILES string of the molecule is CCOC(=O)C1=C[C@@H](CC(=O)c2ccc(Cl)cc2)N(S(=O)(=O)c2ccc(C)cc2)[C@H]1c1ccccc1. The van der Waals surface area contributed by atoms with Gasteiger partial charge in [-0.1, -0.05) is 65.7 Å². The molecule has 8 heteroatoms. The largest absolute Gasteiger partial charge is 0.463 e. The molecule has 1 aliphatic heterocycles. The number of aryl methyl sites for hydroxylation is 1. The van der Waals surface area contributed by atoms with Crippen LogP contribution in [0.1, 0.15) is 40.9 Å². The van der Waals surface area contributed by atoms with Crippen molar-refractivity contribution in [3.63, 3.8) is 0 Å². The van der Waals surface area contributed by atoms with Gasteiger partial charge in [-0.15, -0.1) is 0 Å². The van der Waals surface area contributed by atoms with Crippen LogP contribution in [0.15, 0.2) is 95.4 Å². The van der Waals surface area contributed by atoms with Crippen LogP contribution in [0.4, 0.5) is 0 Å². The van der Waals surface area contributed by atoms with Gasteiger partial charge in [0.2, 0.25) is 10.0 Å². The van der Waals surface area contributed by atoms with E-state index in [9.17, 15) is 18.0 Å². The van der Waals surface area contributed by atoms with Crippen molar-refractivity contribution in [2.45, 2.75) is 37.2 Å². The third-order valence-corrected chi connectivity index (χ3v) is 8.19. The van der Waals surface area contributed by atoms with E-state index in [1.807, 2.05) is 13.0 Å². The number of hydrogen-bond acceptors (Lipinski definition) is 5. The Morgan fingerprint density at radius 2 is 1.58 bits per heavy atom. The molecule has 0 fully saturated rings. The van der Waals surface area contributed by atoms with Crippen LogP contribution in [-0.4, -0.2) is 37.1 Å². The van der Waals surface area contributed by atoms with Gasteiger partial charge in [0.05, 0.1) is 29.2 Å². The van der Waals surface area contributed by atoms with Crippen LogP contribution >= 0.6 is 11.6 Å². The van der Waals surface area contributed by atoms with Crippen molar-refractivity contribution in [1.29, 1.82) is 0 Å². The Kier molecular flexibility index (Phi) is 7.73. The molecule has 3 aromatic carbocycles. The van der Waals surface area contributed by atoms with Gasteiger partial charge in [0.15, 0.2) is 5.78 Å². The molecule has 186 valence electrons. The second kappa shape index (κ2) is 10.8. The van der Waals surface area contributed by atoms with Gasteiger partial charge in [-0.05, 0) is 55.8 Å². The molecule has 4 rings (SSSR count). The monoisotopic (exact) mass is 523 g/mol. The van der Waals surface area contributed by atoms with E-state index in [0.29, 0.717) is 16.1 Å². The topological polar surface area (TPSA) is 80.8 Å². The van der Waals surface area contributed by atoms with Crippen molar-refractivity contribution < 1.29 is 22.7 Å². The molecule has 0 unspecified atom stereocenters. The first kappa shape index (κ1) is 25.8. The van der Waals surface area contributed by atoms with Gasteiger partial charge in [-0.25, -0.2) is 13.2 Å². The van der Waals surface area contributed by atoms with E-state index in [1.165, 1.54) is 16.4 Å². The Balaban J connectivity index is 1.83. The number of hydrogen-bond donors (Lipinski definition) is 0. The Bertz CT molecular complexity index is 1380. The predicted molar refractivity (Wildman–Crippen MR) is 138 cm³/mol. The molecule has 2 atom stereocenters. The van der Waals surface area contributed by atoms with E-state index in [2.05, 4.69) is 0 Å². The van der Waals surface area contributed by atoms with Gasteiger partial charge < -0.3 is 4.74 Å². The first-order valence-corrected chi connectivity index (χ1v) is 13.4. The van der Waals surface area contributed by atoms with Gasteiger partial charge >= 0.3 is 5.97 Å². The predicted octanol–water partition coefficient (Wildman–Crippen LogP) is 5.53. The smallest absolute Gasteiger partial charge is 0.335 e. The lowest BCUT2D eigenvalue weighted by Gasteiger charge is -2.31. The zero-order valence-electron chi connectivity index (χ0n) is 19.9. The summed E-state index contributed by atoms with van der Waals surface area (Å²) < 4.78 is 34.6. The zero-order valence-corrected chi connectivity index (χ0v) is 21.5. The molecule has 0 N–H and O–H groups in total. The minimum Gasteiger partial charge on any atom is -0.463 e. The molecular weight excluding hydrogens is 498 g/mol. The number of nitrogens with zero attached hydrogens (tertiary/aromatic N) is 1. The molecule has 0 saturated carbocycles. The van der Waals surface area contributed by atoms with Crippen molar-refractivity contribution in [1.82, 2.24) is 4.31 Å². The maximum absolute atomic E-state index is 14.0. The van der Waals surface area contributed by atoms with E-state index in [-0.39, 0.29) is 29.3 Å². The molecule has 0 bridgehead atoms. The second-order valence-corrected chi connectivity index (χ2v) is 10.8. The minimum atomic E-state index is -4.12. The third-order valence-electron chi connectivity index (χ3n) is 6.03. The molecular formula is C28H26ClNO5S. The molecule has 3 aromatic rings.